The summed E-state index contributed by atoms with van der Waals surface area (Å²) in [6, 6.07) is 20.1. The van der Waals surface area contributed by atoms with E-state index in [0.717, 1.165) is 84.2 Å². The fraction of sp³-hybridized carbons (Fsp3) is 0.364. The molecule has 204 valence electrons. The van der Waals surface area contributed by atoms with Gasteiger partial charge in [-0.2, -0.15) is 0 Å². The van der Waals surface area contributed by atoms with Crippen LogP contribution < -0.4 is 9.47 Å². The van der Waals surface area contributed by atoms with E-state index in [2.05, 4.69) is 17.5 Å². The summed E-state index contributed by atoms with van der Waals surface area (Å²) < 4.78 is 17.8. The third-order valence-electron chi connectivity index (χ3n) is 7.46. The first-order valence-corrected chi connectivity index (χ1v) is 13.8. The number of aryl methyl sites for hydroxylation is 1. The predicted molar refractivity (Wildman–Crippen MR) is 154 cm³/mol. The van der Waals surface area contributed by atoms with Crippen LogP contribution in [-0.2, 0) is 24.4 Å². The molecular weight excluding hydrogens is 488 g/mol. The van der Waals surface area contributed by atoms with Crippen LogP contribution >= 0.6 is 0 Å². The lowest BCUT2D eigenvalue weighted by Gasteiger charge is -2.26. The summed E-state index contributed by atoms with van der Waals surface area (Å²) in [5, 5.41) is 0. The predicted octanol–water partition coefficient (Wildman–Crippen LogP) is 5.86. The van der Waals surface area contributed by atoms with E-state index in [-0.39, 0.29) is 5.91 Å². The Balaban J connectivity index is 1.25. The van der Waals surface area contributed by atoms with Crippen LogP contribution in [0.15, 0.2) is 67.2 Å². The summed E-state index contributed by atoms with van der Waals surface area (Å²) in [6.07, 6.45) is 0.966. The zero-order valence-corrected chi connectivity index (χ0v) is 23.1. The van der Waals surface area contributed by atoms with Crippen LogP contribution in [0.25, 0.3) is 5.57 Å². The lowest BCUT2D eigenvalue weighted by molar-refractivity contribution is 0.0357. The summed E-state index contributed by atoms with van der Waals surface area (Å²) >= 11 is 0. The third kappa shape index (κ3) is 6.52. The molecular formula is C33H38N2O4. The molecule has 3 aromatic carbocycles. The van der Waals surface area contributed by atoms with Crippen LogP contribution in [0.3, 0.4) is 0 Å². The van der Waals surface area contributed by atoms with E-state index in [0.29, 0.717) is 31.9 Å². The number of allylic oxidation sites excluding steroid dienone is 1. The van der Waals surface area contributed by atoms with Gasteiger partial charge in [-0.3, -0.25) is 9.69 Å². The van der Waals surface area contributed by atoms with Crippen molar-refractivity contribution in [1.82, 2.24) is 9.80 Å². The summed E-state index contributed by atoms with van der Waals surface area (Å²) in [5.41, 5.74) is 6.65. The maximum Gasteiger partial charge on any atom is 0.254 e. The van der Waals surface area contributed by atoms with E-state index in [4.69, 9.17) is 14.2 Å². The van der Waals surface area contributed by atoms with Gasteiger partial charge >= 0.3 is 0 Å². The lowest BCUT2D eigenvalue weighted by atomic mass is 9.99. The zero-order chi connectivity index (χ0) is 27.2. The molecule has 0 aliphatic carbocycles. The topological polar surface area (TPSA) is 51.2 Å². The molecule has 0 unspecified atom stereocenters. The van der Waals surface area contributed by atoms with Crippen LogP contribution in [0, 0.1) is 6.92 Å². The van der Waals surface area contributed by atoms with Crippen molar-refractivity contribution in [3.63, 3.8) is 0 Å². The van der Waals surface area contributed by atoms with Gasteiger partial charge in [0.05, 0.1) is 26.4 Å². The van der Waals surface area contributed by atoms with Gasteiger partial charge in [0.15, 0.2) is 0 Å². The molecule has 5 rings (SSSR count). The maximum atomic E-state index is 13.7. The number of carbonyl (C=O) groups is 1. The van der Waals surface area contributed by atoms with E-state index in [1.54, 1.807) is 0 Å². The smallest absolute Gasteiger partial charge is 0.254 e. The fourth-order valence-electron chi connectivity index (χ4n) is 5.24. The first-order chi connectivity index (χ1) is 19.0. The minimum absolute atomic E-state index is 0.0130. The van der Waals surface area contributed by atoms with Gasteiger partial charge in [0.1, 0.15) is 18.1 Å². The number of amides is 1. The van der Waals surface area contributed by atoms with Crippen molar-refractivity contribution in [2.75, 3.05) is 39.5 Å². The monoisotopic (exact) mass is 526 g/mol. The molecule has 39 heavy (non-hydrogen) atoms. The van der Waals surface area contributed by atoms with Gasteiger partial charge in [-0.05, 0) is 60.7 Å². The van der Waals surface area contributed by atoms with Gasteiger partial charge in [-0.1, -0.05) is 49.0 Å². The highest BCUT2D eigenvalue weighted by atomic mass is 16.5. The number of carbonyl (C=O) groups excluding carboxylic acids is 1. The van der Waals surface area contributed by atoms with Crippen molar-refractivity contribution in [2.24, 2.45) is 0 Å². The molecule has 0 aromatic heterocycles. The molecule has 0 N–H and O–H groups in total. The number of hydrogen-bond acceptors (Lipinski definition) is 5. The van der Waals surface area contributed by atoms with Gasteiger partial charge in [0.2, 0.25) is 0 Å². The minimum Gasteiger partial charge on any atom is -0.493 e. The zero-order valence-electron chi connectivity index (χ0n) is 23.1. The van der Waals surface area contributed by atoms with Gasteiger partial charge in [0, 0.05) is 42.9 Å². The second kappa shape index (κ2) is 12.5. The lowest BCUT2D eigenvalue weighted by Crippen LogP contribution is -2.37. The van der Waals surface area contributed by atoms with Crippen LogP contribution in [0.4, 0.5) is 0 Å². The quantitative estimate of drug-likeness (QED) is 0.310. The number of morpholine rings is 1. The van der Waals surface area contributed by atoms with E-state index < -0.39 is 0 Å². The molecule has 0 atom stereocenters. The Morgan fingerprint density at radius 3 is 2.51 bits per heavy atom. The number of rotatable bonds is 10. The van der Waals surface area contributed by atoms with Crippen molar-refractivity contribution < 1.29 is 19.0 Å². The van der Waals surface area contributed by atoms with Crippen LogP contribution in [-0.4, -0.2) is 55.2 Å². The van der Waals surface area contributed by atoms with Crippen LogP contribution in [0.5, 0.6) is 11.5 Å². The molecule has 1 amide bonds. The van der Waals surface area contributed by atoms with Crippen LogP contribution in [0.2, 0.25) is 0 Å². The second-order valence-corrected chi connectivity index (χ2v) is 10.4. The number of hydrogen-bond donors (Lipinski definition) is 0. The Morgan fingerprint density at radius 1 is 0.949 bits per heavy atom. The molecule has 6 heteroatoms. The molecule has 1 fully saturated rings. The molecule has 0 radical (unpaired) electrons. The maximum absolute atomic E-state index is 13.7. The number of fused-ring (bicyclic) bond motifs is 1. The van der Waals surface area contributed by atoms with Crippen molar-refractivity contribution in [2.45, 2.75) is 40.0 Å². The van der Waals surface area contributed by atoms with Gasteiger partial charge in [-0.25, -0.2) is 0 Å². The number of benzene rings is 3. The highest BCUT2D eigenvalue weighted by molar-refractivity contribution is 5.97. The van der Waals surface area contributed by atoms with Crippen molar-refractivity contribution in [3.05, 3.63) is 101 Å². The molecule has 1 saturated heterocycles. The molecule has 0 spiro atoms. The van der Waals surface area contributed by atoms with Crippen molar-refractivity contribution >= 4 is 11.5 Å². The van der Waals surface area contributed by atoms with Crippen molar-refractivity contribution in [1.29, 1.82) is 0 Å². The summed E-state index contributed by atoms with van der Waals surface area (Å²) in [6.45, 7) is 14.9. The van der Waals surface area contributed by atoms with E-state index in [9.17, 15) is 4.79 Å². The van der Waals surface area contributed by atoms with Gasteiger partial charge < -0.3 is 19.1 Å². The minimum atomic E-state index is 0.0130. The first kappa shape index (κ1) is 27.0. The fourth-order valence-corrected chi connectivity index (χ4v) is 5.24. The molecule has 6 nitrogen and oxygen atoms in total. The van der Waals surface area contributed by atoms with E-state index >= 15 is 0 Å². The average molecular weight is 527 g/mol. The number of ether oxygens (including phenoxy) is 3. The molecule has 3 aromatic rings. The first-order valence-electron chi connectivity index (χ1n) is 13.8. The third-order valence-corrected chi connectivity index (χ3v) is 7.46. The summed E-state index contributed by atoms with van der Waals surface area (Å²) in [7, 11) is 0. The van der Waals surface area contributed by atoms with Crippen molar-refractivity contribution in [3.8, 4) is 11.5 Å². The Labute approximate surface area is 231 Å². The Kier molecular flexibility index (Phi) is 8.64. The SMILES string of the molecule is C=C(C)c1cc(C(=O)N2Cc3cccc(OCCCN4CCOCC4)c3C2)c(C)cc1OCc1ccccc1. The average Bonchev–Trinajstić information content (AvgIpc) is 3.40. The molecule has 2 aliphatic rings. The Hall–Kier alpha value is -3.61. The summed E-state index contributed by atoms with van der Waals surface area (Å²) in [4.78, 5) is 18.1. The van der Waals surface area contributed by atoms with E-state index in [1.165, 1.54) is 0 Å². The van der Waals surface area contributed by atoms with Gasteiger partial charge in [-0.15, -0.1) is 0 Å². The normalized spacial score (nSPS) is 15.2. The molecule has 2 heterocycles. The standard InChI is InChI=1S/C33H38N2O4/c1-24(2)28-20-29(25(3)19-32(28)39-23-26-9-5-4-6-10-26)33(36)35-21-27-11-7-12-31(30(27)22-35)38-16-8-13-34-14-17-37-18-15-34/h4-7,9-12,19-20H,1,8,13-18,21-23H2,2-3H3. The summed E-state index contributed by atoms with van der Waals surface area (Å²) in [5.74, 6) is 1.64. The van der Waals surface area contributed by atoms with E-state index in [1.807, 2.05) is 73.3 Å². The highest BCUT2D eigenvalue weighted by Crippen LogP contribution is 2.34. The highest BCUT2D eigenvalue weighted by Gasteiger charge is 2.28. The van der Waals surface area contributed by atoms with Gasteiger partial charge in [0.25, 0.3) is 5.91 Å². The largest absolute Gasteiger partial charge is 0.493 e. The molecule has 2 aliphatic heterocycles. The molecule has 0 bridgehead atoms. The number of nitrogens with zero attached hydrogens (tertiary/aromatic N) is 2. The Morgan fingerprint density at radius 2 is 1.74 bits per heavy atom. The molecule has 0 saturated carbocycles. The van der Waals surface area contributed by atoms with Crippen LogP contribution in [0.1, 0.15) is 51.5 Å². The second-order valence-electron chi connectivity index (χ2n) is 10.4. The Bertz CT molecular complexity index is 1310.